The zero-order chi connectivity index (χ0) is 36.8. The maximum Gasteiger partial charge on any atom is 0.0462 e. The van der Waals surface area contributed by atoms with E-state index in [1.165, 1.54) is 66.8 Å². The first-order valence-electron chi connectivity index (χ1n) is 18.8. The zero-order valence-corrected chi connectivity index (χ0v) is 30.5. The number of nitrogens with zero attached hydrogens (tertiary/aromatic N) is 1. The minimum absolute atomic E-state index is 1.10. The van der Waals surface area contributed by atoms with Crippen LogP contribution in [0.25, 0.3) is 66.8 Å². The van der Waals surface area contributed by atoms with Crippen LogP contribution in [0, 0.1) is 0 Å². The van der Waals surface area contributed by atoms with Gasteiger partial charge in [-0.3, -0.25) is 0 Å². The zero-order valence-electron chi connectivity index (χ0n) is 30.5. The molecule has 0 fully saturated rings. The third-order valence-corrected chi connectivity index (χ3v) is 10.3. The highest BCUT2D eigenvalue weighted by atomic mass is 15.1. The van der Waals surface area contributed by atoms with E-state index in [0.29, 0.717) is 0 Å². The predicted molar refractivity (Wildman–Crippen MR) is 234 cm³/mol. The van der Waals surface area contributed by atoms with Crippen LogP contribution >= 0.6 is 0 Å². The standard InChI is InChI=1S/C54H39N/c1-5-16-40(17-6-1)41-28-30-42(31-29-41)43-32-36-48(37-33-43)55(47-22-11-4-12-23-47)49-38-34-46(35-39-49)52-27-15-26-51(45-20-9-3-10-21-45)54(52)53-25-14-13-24-50(53)44-18-7-2-8-19-44/h1-39H. The Morgan fingerprint density at radius 3 is 0.964 bits per heavy atom. The molecule has 9 aromatic carbocycles. The van der Waals surface area contributed by atoms with Crippen molar-refractivity contribution < 1.29 is 0 Å². The van der Waals surface area contributed by atoms with Crippen LogP contribution in [0.1, 0.15) is 0 Å². The summed E-state index contributed by atoms with van der Waals surface area (Å²) in [6.45, 7) is 0. The van der Waals surface area contributed by atoms with E-state index in [1.54, 1.807) is 0 Å². The van der Waals surface area contributed by atoms with Crippen LogP contribution in [0.4, 0.5) is 17.1 Å². The Hall–Kier alpha value is -7.22. The van der Waals surface area contributed by atoms with Crippen molar-refractivity contribution in [3.05, 3.63) is 237 Å². The van der Waals surface area contributed by atoms with Crippen molar-refractivity contribution in [3.8, 4) is 66.8 Å². The number of hydrogen-bond acceptors (Lipinski definition) is 1. The molecule has 0 radical (unpaired) electrons. The van der Waals surface area contributed by atoms with Crippen molar-refractivity contribution in [2.75, 3.05) is 4.90 Å². The Labute approximate surface area is 324 Å². The Bertz CT molecular complexity index is 2630. The second-order valence-corrected chi connectivity index (χ2v) is 13.7. The molecule has 0 aliphatic heterocycles. The summed E-state index contributed by atoms with van der Waals surface area (Å²) in [7, 11) is 0. The van der Waals surface area contributed by atoms with E-state index in [-0.39, 0.29) is 0 Å². The average molecular weight is 702 g/mol. The van der Waals surface area contributed by atoms with Gasteiger partial charge in [-0.05, 0) is 103 Å². The van der Waals surface area contributed by atoms with Crippen LogP contribution < -0.4 is 4.90 Å². The third kappa shape index (κ3) is 7.00. The van der Waals surface area contributed by atoms with Gasteiger partial charge in [0.2, 0.25) is 0 Å². The van der Waals surface area contributed by atoms with Crippen molar-refractivity contribution >= 4 is 17.1 Å². The molecule has 9 rings (SSSR count). The fourth-order valence-corrected chi connectivity index (χ4v) is 7.61. The van der Waals surface area contributed by atoms with Crippen LogP contribution in [0.15, 0.2) is 237 Å². The van der Waals surface area contributed by atoms with Crippen molar-refractivity contribution in [1.29, 1.82) is 0 Å². The lowest BCUT2D eigenvalue weighted by Gasteiger charge is -2.26. The summed E-state index contributed by atoms with van der Waals surface area (Å²) in [6.07, 6.45) is 0. The van der Waals surface area contributed by atoms with Gasteiger partial charge in [0, 0.05) is 17.1 Å². The summed E-state index contributed by atoms with van der Waals surface area (Å²) >= 11 is 0. The van der Waals surface area contributed by atoms with Gasteiger partial charge in [0.1, 0.15) is 0 Å². The van der Waals surface area contributed by atoms with E-state index in [0.717, 1.165) is 17.1 Å². The monoisotopic (exact) mass is 701 g/mol. The van der Waals surface area contributed by atoms with E-state index in [2.05, 4.69) is 241 Å². The van der Waals surface area contributed by atoms with Gasteiger partial charge in [-0.15, -0.1) is 0 Å². The van der Waals surface area contributed by atoms with Crippen LogP contribution in [-0.4, -0.2) is 0 Å². The molecule has 0 spiro atoms. The highest BCUT2D eigenvalue weighted by molar-refractivity contribution is 5.99. The summed E-state index contributed by atoms with van der Waals surface area (Å²) in [5.74, 6) is 0. The molecule has 0 atom stereocenters. The molecular formula is C54H39N. The lowest BCUT2D eigenvalue weighted by molar-refractivity contribution is 1.28. The Morgan fingerprint density at radius 2 is 0.473 bits per heavy atom. The number of benzene rings is 9. The van der Waals surface area contributed by atoms with Gasteiger partial charge < -0.3 is 4.90 Å². The molecule has 55 heavy (non-hydrogen) atoms. The smallest absolute Gasteiger partial charge is 0.0462 e. The second-order valence-electron chi connectivity index (χ2n) is 13.7. The maximum atomic E-state index is 2.33. The minimum atomic E-state index is 1.10. The van der Waals surface area contributed by atoms with E-state index < -0.39 is 0 Å². The van der Waals surface area contributed by atoms with Crippen molar-refractivity contribution in [2.24, 2.45) is 0 Å². The number of hydrogen-bond donors (Lipinski definition) is 0. The molecule has 0 amide bonds. The van der Waals surface area contributed by atoms with Gasteiger partial charge in [-0.25, -0.2) is 0 Å². The first-order chi connectivity index (χ1) is 27.3. The van der Waals surface area contributed by atoms with E-state index in [1.807, 2.05) is 0 Å². The van der Waals surface area contributed by atoms with Gasteiger partial charge in [-0.1, -0.05) is 200 Å². The fraction of sp³-hybridized carbons (Fsp3) is 0. The molecule has 0 N–H and O–H groups in total. The number of para-hydroxylation sites is 1. The fourth-order valence-electron chi connectivity index (χ4n) is 7.61. The maximum absolute atomic E-state index is 2.33. The molecule has 0 aromatic heterocycles. The number of anilines is 3. The van der Waals surface area contributed by atoms with Crippen LogP contribution in [0.2, 0.25) is 0 Å². The molecule has 0 saturated carbocycles. The summed E-state index contributed by atoms with van der Waals surface area (Å²) in [4.78, 5) is 2.33. The molecule has 0 unspecified atom stereocenters. The van der Waals surface area contributed by atoms with Crippen molar-refractivity contribution in [1.82, 2.24) is 0 Å². The van der Waals surface area contributed by atoms with E-state index in [4.69, 9.17) is 0 Å². The molecular weight excluding hydrogens is 663 g/mol. The van der Waals surface area contributed by atoms with Gasteiger partial charge in [0.25, 0.3) is 0 Å². The molecule has 1 nitrogen and oxygen atoms in total. The van der Waals surface area contributed by atoms with E-state index in [9.17, 15) is 0 Å². The second kappa shape index (κ2) is 15.4. The highest BCUT2D eigenvalue weighted by Gasteiger charge is 2.19. The van der Waals surface area contributed by atoms with Gasteiger partial charge >= 0.3 is 0 Å². The van der Waals surface area contributed by atoms with Gasteiger partial charge in [-0.2, -0.15) is 0 Å². The lowest BCUT2D eigenvalue weighted by atomic mass is 9.84. The topological polar surface area (TPSA) is 3.24 Å². The molecule has 9 aromatic rings. The first-order valence-corrected chi connectivity index (χ1v) is 18.8. The average Bonchev–Trinajstić information content (AvgIpc) is 3.28. The summed E-state index contributed by atoms with van der Waals surface area (Å²) in [5, 5.41) is 0. The first kappa shape index (κ1) is 33.6. The molecule has 0 saturated heterocycles. The van der Waals surface area contributed by atoms with Gasteiger partial charge in [0.15, 0.2) is 0 Å². The largest absolute Gasteiger partial charge is 0.311 e. The summed E-state index contributed by atoms with van der Waals surface area (Å²) in [6, 6.07) is 84.9. The lowest BCUT2D eigenvalue weighted by Crippen LogP contribution is -2.09. The van der Waals surface area contributed by atoms with E-state index >= 15 is 0 Å². The Kier molecular flexibility index (Phi) is 9.41. The normalized spacial score (nSPS) is 10.9. The summed E-state index contributed by atoms with van der Waals surface area (Å²) < 4.78 is 0. The molecule has 0 aliphatic carbocycles. The SMILES string of the molecule is c1ccc(-c2ccc(-c3ccc(N(c4ccccc4)c4ccc(-c5cccc(-c6ccccc6)c5-c5ccccc5-c5ccccc5)cc4)cc3)cc2)cc1. The number of rotatable bonds is 9. The highest BCUT2D eigenvalue weighted by Crippen LogP contribution is 2.45. The predicted octanol–water partition coefficient (Wildman–Crippen LogP) is 15.2. The third-order valence-electron chi connectivity index (χ3n) is 10.3. The van der Waals surface area contributed by atoms with Crippen LogP contribution in [0.5, 0.6) is 0 Å². The Morgan fingerprint density at radius 1 is 0.182 bits per heavy atom. The van der Waals surface area contributed by atoms with Gasteiger partial charge in [0.05, 0.1) is 0 Å². The van der Waals surface area contributed by atoms with Crippen LogP contribution in [-0.2, 0) is 0 Å². The van der Waals surface area contributed by atoms with Crippen LogP contribution in [0.3, 0.4) is 0 Å². The molecule has 1 heteroatoms. The molecule has 0 aliphatic rings. The Balaban J connectivity index is 1.10. The quantitative estimate of drug-likeness (QED) is 0.145. The molecule has 260 valence electrons. The minimum Gasteiger partial charge on any atom is -0.311 e. The van der Waals surface area contributed by atoms with Crippen molar-refractivity contribution in [3.63, 3.8) is 0 Å². The molecule has 0 bridgehead atoms. The summed E-state index contributed by atoms with van der Waals surface area (Å²) in [5.41, 5.74) is 17.8. The van der Waals surface area contributed by atoms with Crippen molar-refractivity contribution in [2.45, 2.75) is 0 Å². The molecule has 0 heterocycles.